The van der Waals surface area contributed by atoms with E-state index in [1.54, 1.807) is 0 Å². The van der Waals surface area contributed by atoms with Crippen LogP contribution in [0.4, 0.5) is 0 Å². The lowest BCUT2D eigenvalue weighted by atomic mass is 10.1. The van der Waals surface area contributed by atoms with Crippen LogP contribution in [-0.2, 0) is 0 Å². The van der Waals surface area contributed by atoms with Gasteiger partial charge in [0.25, 0.3) is 0 Å². The Kier molecular flexibility index (Phi) is 8.65. The molecular weight excluding hydrogens is 176 g/mol. The standard InChI is InChI=1S/C12H22O2/c1-11(6-3-4-8-13)10-12(2)7-5-9-14/h13-14H,3-9H2,1-2H3. The van der Waals surface area contributed by atoms with Crippen molar-refractivity contribution in [3.63, 3.8) is 0 Å². The van der Waals surface area contributed by atoms with Gasteiger partial charge in [0, 0.05) is 13.2 Å². The number of aliphatic hydroxyl groups excluding tert-OH is 2. The molecule has 14 heavy (non-hydrogen) atoms. The summed E-state index contributed by atoms with van der Waals surface area (Å²) in [7, 11) is 0. The van der Waals surface area contributed by atoms with Gasteiger partial charge in [-0.1, -0.05) is 0 Å². The Morgan fingerprint density at radius 2 is 1.36 bits per heavy atom. The third-order valence-electron chi connectivity index (χ3n) is 2.10. The number of rotatable bonds is 7. The summed E-state index contributed by atoms with van der Waals surface area (Å²) in [4.78, 5) is 0. The fourth-order valence-electron chi connectivity index (χ4n) is 1.34. The highest BCUT2D eigenvalue weighted by Gasteiger charge is 1.91. The van der Waals surface area contributed by atoms with Gasteiger partial charge >= 0.3 is 0 Å². The van der Waals surface area contributed by atoms with Crippen molar-refractivity contribution in [3.05, 3.63) is 16.9 Å². The minimum Gasteiger partial charge on any atom is -0.396 e. The molecule has 0 amide bonds. The summed E-state index contributed by atoms with van der Waals surface area (Å²) in [6, 6.07) is 0. The van der Waals surface area contributed by atoms with E-state index in [9.17, 15) is 0 Å². The molecule has 0 heterocycles. The Balaban J connectivity index is 3.90. The van der Waals surface area contributed by atoms with Crippen molar-refractivity contribution >= 4 is 0 Å². The first-order chi connectivity index (χ1) is 6.70. The van der Waals surface area contributed by atoms with E-state index in [-0.39, 0.29) is 13.2 Å². The van der Waals surface area contributed by atoms with Crippen molar-refractivity contribution in [1.29, 1.82) is 0 Å². The van der Waals surface area contributed by atoms with Gasteiger partial charge in [-0.2, -0.15) is 0 Å². The van der Waals surface area contributed by atoms with E-state index in [1.165, 1.54) is 11.1 Å². The highest BCUT2D eigenvalue weighted by molar-refractivity contribution is 5.05. The molecule has 2 nitrogen and oxygen atoms in total. The summed E-state index contributed by atoms with van der Waals surface area (Å²) in [6.45, 7) is 4.65. The van der Waals surface area contributed by atoms with Gasteiger partial charge in [0.2, 0.25) is 0 Å². The van der Waals surface area contributed by atoms with Crippen LogP contribution in [-0.4, -0.2) is 23.4 Å². The topological polar surface area (TPSA) is 40.5 Å². The van der Waals surface area contributed by atoms with Gasteiger partial charge in [0.15, 0.2) is 0 Å². The summed E-state index contributed by atoms with van der Waals surface area (Å²) in [5.41, 5.74) is 5.77. The largest absolute Gasteiger partial charge is 0.396 e. The van der Waals surface area contributed by atoms with Crippen LogP contribution >= 0.6 is 0 Å². The zero-order chi connectivity index (χ0) is 10.8. The maximum Gasteiger partial charge on any atom is 0.0434 e. The average molecular weight is 198 g/mol. The first-order valence-electron chi connectivity index (χ1n) is 5.34. The molecular formula is C12H22O2. The van der Waals surface area contributed by atoms with Crippen molar-refractivity contribution in [3.8, 4) is 0 Å². The van der Waals surface area contributed by atoms with Crippen molar-refractivity contribution in [2.45, 2.75) is 46.0 Å². The molecule has 0 aromatic rings. The lowest BCUT2D eigenvalue weighted by Gasteiger charge is -1.98. The maximum absolute atomic E-state index is 8.65. The summed E-state index contributed by atoms with van der Waals surface area (Å²) < 4.78 is 0. The van der Waals surface area contributed by atoms with Crippen molar-refractivity contribution in [2.24, 2.45) is 0 Å². The molecule has 0 rings (SSSR count). The zero-order valence-electron chi connectivity index (χ0n) is 9.34. The van der Waals surface area contributed by atoms with Crippen LogP contribution in [0.15, 0.2) is 16.9 Å². The molecule has 0 radical (unpaired) electrons. The number of allylic oxidation sites excluding steroid dienone is 1. The molecule has 0 aromatic heterocycles. The normalized spacial score (nSPS) is 9.71. The highest BCUT2D eigenvalue weighted by Crippen LogP contribution is 2.08. The summed E-state index contributed by atoms with van der Waals surface area (Å²) >= 11 is 0. The molecule has 0 saturated heterocycles. The second-order valence-corrected chi connectivity index (χ2v) is 3.69. The molecule has 2 N–H and O–H groups in total. The highest BCUT2D eigenvalue weighted by atomic mass is 16.3. The van der Waals surface area contributed by atoms with E-state index in [1.807, 2.05) is 6.92 Å². The number of hydrogen-bond donors (Lipinski definition) is 2. The van der Waals surface area contributed by atoms with Crippen molar-refractivity contribution in [2.75, 3.05) is 13.2 Å². The van der Waals surface area contributed by atoms with Crippen LogP contribution in [0.1, 0.15) is 46.0 Å². The van der Waals surface area contributed by atoms with Crippen molar-refractivity contribution < 1.29 is 10.2 Å². The first-order valence-corrected chi connectivity index (χ1v) is 5.34. The molecule has 0 aliphatic carbocycles. The van der Waals surface area contributed by atoms with Crippen LogP contribution in [0.5, 0.6) is 0 Å². The van der Waals surface area contributed by atoms with E-state index in [0.717, 1.165) is 32.1 Å². The molecule has 0 aliphatic rings. The van der Waals surface area contributed by atoms with Gasteiger partial charge in [-0.25, -0.2) is 0 Å². The zero-order valence-corrected chi connectivity index (χ0v) is 9.34. The smallest absolute Gasteiger partial charge is 0.0434 e. The molecule has 0 aliphatic heterocycles. The SMILES string of the molecule is CC(=C=C(C)CCCCO)CCCO. The third-order valence-corrected chi connectivity index (χ3v) is 2.10. The number of aliphatic hydroxyl groups is 2. The molecule has 2 heteroatoms. The molecule has 0 spiro atoms. The Morgan fingerprint density at radius 3 is 1.86 bits per heavy atom. The van der Waals surface area contributed by atoms with Gasteiger partial charge in [0.05, 0.1) is 0 Å². The lowest BCUT2D eigenvalue weighted by molar-refractivity contribution is 0.284. The predicted octanol–water partition coefficient (Wildman–Crippen LogP) is 2.41. The quantitative estimate of drug-likeness (QED) is 0.487. The number of unbranched alkanes of at least 4 members (excludes halogenated alkanes) is 1. The van der Waals surface area contributed by atoms with Gasteiger partial charge < -0.3 is 10.2 Å². The van der Waals surface area contributed by atoms with E-state index in [4.69, 9.17) is 10.2 Å². The molecule has 0 saturated carbocycles. The predicted molar refractivity (Wildman–Crippen MR) is 59.1 cm³/mol. The summed E-state index contributed by atoms with van der Waals surface area (Å²) in [6.07, 6.45) is 4.66. The molecule has 0 fully saturated rings. The Bertz CT molecular complexity index is 200. The first kappa shape index (κ1) is 13.4. The van der Waals surface area contributed by atoms with Crippen LogP contribution in [0, 0.1) is 0 Å². The van der Waals surface area contributed by atoms with E-state index in [2.05, 4.69) is 12.7 Å². The van der Waals surface area contributed by atoms with Gasteiger partial charge in [0.1, 0.15) is 0 Å². The Labute approximate surface area is 87.0 Å². The van der Waals surface area contributed by atoms with Crippen LogP contribution in [0.3, 0.4) is 0 Å². The fraction of sp³-hybridized carbons (Fsp3) is 0.750. The Hall–Kier alpha value is -0.560. The summed E-state index contributed by atoms with van der Waals surface area (Å²) in [5.74, 6) is 0. The third kappa shape index (κ3) is 8.06. The lowest BCUT2D eigenvalue weighted by Crippen LogP contribution is -1.85. The van der Waals surface area contributed by atoms with Crippen LogP contribution in [0.25, 0.3) is 0 Å². The molecule has 0 atom stereocenters. The maximum atomic E-state index is 8.65. The molecule has 0 unspecified atom stereocenters. The van der Waals surface area contributed by atoms with E-state index < -0.39 is 0 Å². The van der Waals surface area contributed by atoms with E-state index >= 15 is 0 Å². The van der Waals surface area contributed by atoms with E-state index in [0.29, 0.717) is 0 Å². The number of hydrogen-bond acceptors (Lipinski definition) is 2. The minimum atomic E-state index is 0.253. The monoisotopic (exact) mass is 198 g/mol. The van der Waals surface area contributed by atoms with Gasteiger partial charge in [-0.05, 0) is 57.1 Å². The van der Waals surface area contributed by atoms with Crippen LogP contribution in [0.2, 0.25) is 0 Å². The van der Waals surface area contributed by atoms with Gasteiger partial charge in [-0.15, -0.1) is 5.73 Å². The summed E-state index contributed by atoms with van der Waals surface area (Å²) in [5, 5.41) is 17.3. The molecule has 0 bridgehead atoms. The molecule has 82 valence electrons. The second kappa shape index (κ2) is 9.01. The average Bonchev–Trinajstić information content (AvgIpc) is 2.15. The molecule has 0 aromatic carbocycles. The minimum absolute atomic E-state index is 0.253. The van der Waals surface area contributed by atoms with Crippen LogP contribution < -0.4 is 0 Å². The second-order valence-electron chi connectivity index (χ2n) is 3.69. The Morgan fingerprint density at radius 1 is 0.857 bits per heavy atom. The van der Waals surface area contributed by atoms with Gasteiger partial charge in [-0.3, -0.25) is 0 Å². The fourth-order valence-corrected chi connectivity index (χ4v) is 1.34. The van der Waals surface area contributed by atoms with Crippen molar-refractivity contribution in [1.82, 2.24) is 0 Å².